The van der Waals surface area contributed by atoms with Crippen LogP contribution in [-0.2, 0) is 6.42 Å². The summed E-state index contributed by atoms with van der Waals surface area (Å²) >= 11 is 0. The first-order valence-corrected chi connectivity index (χ1v) is 10.7. The second-order valence-corrected chi connectivity index (χ2v) is 7.75. The standard InChI is InChI=1S/C24H31FN2O3/c1-2-26-12-14-27(15-13-26)17-21(28)18-30-24-11-9-20(25)16-22(24)23(29)10-8-19-6-4-3-5-7-19/h3-7,9,11,16,21,28H,2,8,10,12-15,17-18H2,1H3. The molecule has 0 radical (unpaired) electrons. The largest absolute Gasteiger partial charge is 0.490 e. The number of aryl methyl sites for hydroxylation is 1. The van der Waals surface area contributed by atoms with Crippen molar-refractivity contribution in [2.45, 2.75) is 25.9 Å². The summed E-state index contributed by atoms with van der Waals surface area (Å²) in [5, 5.41) is 10.4. The van der Waals surface area contributed by atoms with E-state index in [1.165, 1.54) is 18.2 Å². The van der Waals surface area contributed by atoms with Gasteiger partial charge in [-0.15, -0.1) is 0 Å². The molecule has 1 unspecified atom stereocenters. The van der Waals surface area contributed by atoms with Crippen LogP contribution in [0.25, 0.3) is 0 Å². The molecule has 0 aromatic heterocycles. The number of aliphatic hydroxyl groups is 1. The van der Waals surface area contributed by atoms with E-state index in [-0.39, 0.29) is 24.4 Å². The highest BCUT2D eigenvalue weighted by molar-refractivity contribution is 5.98. The average molecular weight is 415 g/mol. The van der Waals surface area contributed by atoms with Gasteiger partial charge in [-0.3, -0.25) is 9.69 Å². The maximum absolute atomic E-state index is 13.8. The van der Waals surface area contributed by atoms with Gasteiger partial charge >= 0.3 is 0 Å². The van der Waals surface area contributed by atoms with Gasteiger partial charge in [0, 0.05) is 39.1 Å². The van der Waals surface area contributed by atoms with E-state index in [2.05, 4.69) is 16.7 Å². The van der Waals surface area contributed by atoms with Gasteiger partial charge in [-0.25, -0.2) is 4.39 Å². The average Bonchev–Trinajstić information content (AvgIpc) is 2.77. The zero-order valence-corrected chi connectivity index (χ0v) is 17.6. The van der Waals surface area contributed by atoms with Crippen molar-refractivity contribution < 1.29 is 19.0 Å². The number of aliphatic hydroxyl groups excluding tert-OH is 1. The van der Waals surface area contributed by atoms with Crippen molar-refractivity contribution in [3.8, 4) is 5.75 Å². The number of carbonyl (C=O) groups excluding carboxylic acids is 1. The number of rotatable bonds is 10. The second-order valence-electron chi connectivity index (χ2n) is 7.75. The number of likely N-dealkylation sites (N-methyl/N-ethyl adjacent to an activating group) is 1. The Kier molecular flexibility index (Phi) is 8.37. The molecule has 162 valence electrons. The molecule has 3 rings (SSSR count). The van der Waals surface area contributed by atoms with Crippen molar-refractivity contribution in [1.29, 1.82) is 0 Å². The van der Waals surface area contributed by atoms with Crippen LogP contribution < -0.4 is 4.74 Å². The lowest BCUT2D eigenvalue weighted by molar-refractivity contribution is 0.0467. The van der Waals surface area contributed by atoms with Crippen molar-refractivity contribution in [1.82, 2.24) is 9.80 Å². The summed E-state index contributed by atoms with van der Waals surface area (Å²) in [7, 11) is 0. The topological polar surface area (TPSA) is 53.0 Å². The van der Waals surface area contributed by atoms with Gasteiger partial charge in [-0.1, -0.05) is 37.3 Å². The molecule has 0 bridgehead atoms. The van der Waals surface area contributed by atoms with Crippen molar-refractivity contribution in [2.24, 2.45) is 0 Å². The normalized spacial score (nSPS) is 16.4. The van der Waals surface area contributed by atoms with Gasteiger partial charge in [0.2, 0.25) is 0 Å². The molecular weight excluding hydrogens is 383 g/mol. The number of halogens is 1. The number of Topliss-reactive ketones (excluding diaryl/α,β-unsaturated/α-hetero) is 1. The minimum absolute atomic E-state index is 0.0680. The van der Waals surface area contributed by atoms with Crippen LogP contribution in [0, 0.1) is 5.82 Å². The van der Waals surface area contributed by atoms with Crippen molar-refractivity contribution in [3.05, 3.63) is 65.5 Å². The number of piperazine rings is 1. The first-order chi connectivity index (χ1) is 14.5. The van der Waals surface area contributed by atoms with Crippen LogP contribution in [0.15, 0.2) is 48.5 Å². The molecule has 30 heavy (non-hydrogen) atoms. The molecule has 1 aliphatic rings. The van der Waals surface area contributed by atoms with Crippen LogP contribution >= 0.6 is 0 Å². The maximum atomic E-state index is 13.8. The number of benzene rings is 2. The Bertz CT molecular complexity index is 807. The first-order valence-electron chi connectivity index (χ1n) is 10.7. The summed E-state index contributed by atoms with van der Waals surface area (Å²) in [6.07, 6.45) is 0.186. The van der Waals surface area contributed by atoms with Gasteiger partial charge in [0.05, 0.1) is 5.56 Å². The zero-order valence-electron chi connectivity index (χ0n) is 17.6. The fourth-order valence-electron chi connectivity index (χ4n) is 3.71. The summed E-state index contributed by atoms with van der Waals surface area (Å²) in [6.45, 7) is 7.64. The highest BCUT2D eigenvalue weighted by Gasteiger charge is 2.20. The van der Waals surface area contributed by atoms with Gasteiger partial charge in [-0.2, -0.15) is 0 Å². The van der Waals surface area contributed by atoms with Crippen LogP contribution in [0.5, 0.6) is 5.75 Å². The van der Waals surface area contributed by atoms with Crippen LogP contribution in [-0.4, -0.2) is 72.7 Å². The van der Waals surface area contributed by atoms with Crippen LogP contribution in [0.4, 0.5) is 4.39 Å². The van der Waals surface area contributed by atoms with Gasteiger partial charge in [0.15, 0.2) is 5.78 Å². The van der Waals surface area contributed by atoms with Crippen LogP contribution in [0.2, 0.25) is 0 Å². The second kappa shape index (κ2) is 11.2. The van der Waals surface area contributed by atoms with Gasteiger partial charge in [0.25, 0.3) is 0 Å². The lowest BCUT2D eigenvalue weighted by Gasteiger charge is -2.34. The van der Waals surface area contributed by atoms with Gasteiger partial charge in [-0.05, 0) is 36.7 Å². The van der Waals surface area contributed by atoms with E-state index < -0.39 is 11.9 Å². The van der Waals surface area contributed by atoms with E-state index in [0.29, 0.717) is 18.7 Å². The molecule has 2 aromatic carbocycles. The Labute approximate surface area is 178 Å². The quantitative estimate of drug-likeness (QED) is 0.606. The molecule has 2 aromatic rings. The molecule has 1 atom stereocenters. The molecule has 0 amide bonds. The Morgan fingerprint density at radius 3 is 2.50 bits per heavy atom. The van der Waals surface area contributed by atoms with E-state index >= 15 is 0 Å². The minimum atomic E-state index is -0.671. The molecule has 1 fully saturated rings. The van der Waals surface area contributed by atoms with E-state index in [1.54, 1.807) is 0 Å². The van der Waals surface area contributed by atoms with Crippen molar-refractivity contribution in [3.63, 3.8) is 0 Å². The third-order valence-electron chi connectivity index (χ3n) is 5.54. The molecule has 0 aliphatic carbocycles. The van der Waals surface area contributed by atoms with Gasteiger partial charge < -0.3 is 14.7 Å². The molecule has 0 saturated carbocycles. The van der Waals surface area contributed by atoms with E-state index in [4.69, 9.17) is 4.74 Å². The highest BCUT2D eigenvalue weighted by atomic mass is 19.1. The number of ether oxygens (including phenoxy) is 1. The SMILES string of the molecule is CCN1CCN(CC(O)COc2ccc(F)cc2C(=O)CCc2ccccc2)CC1. The number of nitrogens with zero attached hydrogens (tertiary/aromatic N) is 2. The summed E-state index contributed by atoms with van der Waals surface area (Å²) in [5.41, 5.74) is 1.29. The summed E-state index contributed by atoms with van der Waals surface area (Å²) < 4.78 is 19.5. The number of carbonyl (C=O) groups is 1. The van der Waals surface area contributed by atoms with E-state index in [0.717, 1.165) is 38.3 Å². The smallest absolute Gasteiger partial charge is 0.167 e. The molecule has 1 saturated heterocycles. The number of β-amino-alcohol motifs (C(OH)–C–C–N with tert-alkyl or cyclic N) is 1. The molecular formula is C24H31FN2O3. The van der Waals surface area contributed by atoms with Crippen molar-refractivity contribution >= 4 is 5.78 Å². The van der Waals surface area contributed by atoms with E-state index in [1.807, 2.05) is 30.3 Å². The fourth-order valence-corrected chi connectivity index (χ4v) is 3.71. The molecule has 1 N–H and O–H groups in total. The summed E-state index contributed by atoms with van der Waals surface area (Å²) in [4.78, 5) is 17.3. The molecule has 1 aliphatic heterocycles. The monoisotopic (exact) mass is 414 g/mol. The summed E-state index contributed by atoms with van der Waals surface area (Å²) in [6, 6.07) is 13.7. The maximum Gasteiger partial charge on any atom is 0.167 e. The third-order valence-corrected chi connectivity index (χ3v) is 5.54. The molecule has 1 heterocycles. The Hall–Kier alpha value is -2.28. The number of hydrogen-bond acceptors (Lipinski definition) is 5. The van der Waals surface area contributed by atoms with Gasteiger partial charge in [0.1, 0.15) is 24.3 Å². The molecule has 5 nitrogen and oxygen atoms in total. The molecule has 0 spiro atoms. The third kappa shape index (κ3) is 6.62. The molecule has 6 heteroatoms. The fraction of sp³-hybridized carbons (Fsp3) is 0.458. The van der Waals surface area contributed by atoms with Crippen LogP contribution in [0.3, 0.4) is 0 Å². The van der Waals surface area contributed by atoms with Crippen molar-refractivity contribution in [2.75, 3.05) is 45.9 Å². The number of ketones is 1. The Morgan fingerprint density at radius 2 is 1.80 bits per heavy atom. The zero-order chi connectivity index (χ0) is 21.3. The highest BCUT2D eigenvalue weighted by Crippen LogP contribution is 2.22. The summed E-state index contributed by atoms with van der Waals surface area (Å²) in [5.74, 6) is -0.317. The first kappa shape index (κ1) is 22.4. The lowest BCUT2D eigenvalue weighted by atomic mass is 10.0. The Morgan fingerprint density at radius 1 is 1.10 bits per heavy atom. The van der Waals surface area contributed by atoms with Crippen LogP contribution in [0.1, 0.15) is 29.3 Å². The lowest BCUT2D eigenvalue weighted by Crippen LogP contribution is -2.49. The number of hydrogen-bond donors (Lipinski definition) is 1. The minimum Gasteiger partial charge on any atom is -0.490 e. The Balaban J connectivity index is 1.53. The van der Waals surface area contributed by atoms with E-state index in [9.17, 15) is 14.3 Å². The predicted molar refractivity (Wildman–Crippen MR) is 116 cm³/mol. The predicted octanol–water partition coefficient (Wildman–Crippen LogP) is 3.02.